The van der Waals surface area contributed by atoms with Gasteiger partial charge < -0.3 is 35.1 Å². The first-order valence-corrected chi connectivity index (χ1v) is 11.8. The molecular formula is C24H23F4N7O4. The molecule has 11 nitrogen and oxygen atoms in total. The van der Waals surface area contributed by atoms with Gasteiger partial charge in [-0.3, -0.25) is 4.79 Å². The average Bonchev–Trinajstić information content (AvgIpc) is 2.86. The second kappa shape index (κ2) is 10.1. The van der Waals surface area contributed by atoms with Gasteiger partial charge in [0.25, 0.3) is 5.91 Å². The summed E-state index contributed by atoms with van der Waals surface area (Å²) in [4.78, 5) is 26.1. The third-order valence-electron chi connectivity index (χ3n) is 5.79. The molecule has 0 spiro atoms. The van der Waals surface area contributed by atoms with Crippen LogP contribution in [0.5, 0.6) is 11.5 Å². The molecule has 3 N–H and O–H groups in total. The Morgan fingerprint density at radius 2 is 1.87 bits per heavy atom. The Labute approximate surface area is 219 Å². The fraction of sp³-hybridized carbons (Fsp3) is 0.333. The number of carbonyl (C=O) groups is 1. The van der Waals surface area contributed by atoms with Crippen LogP contribution in [-0.2, 0) is 9.53 Å². The van der Waals surface area contributed by atoms with Crippen LogP contribution in [0.15, 0.2) is 36.5 Å². The van der Waals surface area contributed by atoms with Crippen LogP contribution in [0.1, 0.15) is 13.8 Å². The van der Waals surface area contributed by atoms with E-state index < -0.39 is 29.4 Å². The molecule has 2 aliphatic rings. The van der Waals surface area contributed by atoms with Crippen LogP contribution in [0.25, 0.3) is 0 Å². The number of nitrogens with one attached hydrogen (secondary N) is 3. The Balaban J connectivity index is 1.36. The van der Waals surface area contributed by atoms with Gasteiger partial charge in [0, 0.05) is 24.8 Å². The standard InChI is InChI=1S/C24H23F4N7O4/c1-23(2)21(36)33-20-16(38-23)5-6-18(32-20)31-19-14(25)12-29-22(34-19)30-13-3-4-15(35-7-9-37-10-8-35)17(11-13)39-24(26,27)28/h3-6,11-12H,7-10H2,1-2H3,(H3,29,30,31,32,33,34,36). The van der Waals surface area contributed by atoms with E-state index in [1.54, 1.807) is 24.8 Å². The molecule has 4 heterocycles. The smallest absolute Gasteiger partial charge is 0.474 e. The molecule has 206 valence electrons. The minimum Gasteiger partial charge on any atom is -0.474 e. The van der Waals surface area contributed by atoms with Crippen LogP contribution in [0, 0.1) is 5.82 Å². The first-order valence-electron chi connectivity index (χ1n) is 11.8. The van der Waals surface area contributed by atoms with Crippen LogP contribution in [-0.4, -0.2) is 59.1 Å². The lowest BCUT2D eigenvalue weighted by molar-refractivity contribution is -0.274. The Morgan fingerprint density at radius 1 is 1.10 bits per heavy atom. The number of nitrogens with zero attached hydrogens (tertiary/aromatic N) is 4. The van der Waals surface area contributed by atoms with Crippen molar-refractivity contribution in [1.29, 1.82) is 0 Å². The van der Waals surface area contributed by atoms with Crippen LogP contribution >= 0.6 is 0 Å². The maximum atomic E-state index is 14.5. The zero-order valence-corrected chi connectivity index (χ0v) is 20.7. The minimum atomic E-state index is -4.91. The molecule has 0 unspecified atom stereocenters. The van der Waals surface area contributed by atoms with Gasteiger partial charge >= 0.3 is 6.36 Å². The van der Waals surface area contributed by atoms with E-state index in [9.17, 15) is 22.4 Å². The van der Waals surface area contributed by atoms with E-state index in [4.69, 9.17) is 9.47 Å². The van der Waals surface area contributed by atoms with Crippen LogP contribution in [0.4, 0.5) is 52.3 Å². The average molecular weight is 549 g/mol. The highest BCUT2D eigenvalue weighted by Gasteiger charge is 2.36. The predicted octanol–water partition coefficient (Wildman–Crippen LogP) is 4.34. The molecule has 0 saturated carbocycles. The zero-order valence-electron chi connectivity index (χ0n) is 20.7. The van der Waals surface area contributed by atoms with Crippen molar-refractivity contribution in [2.75, 3.05) is 47.2 Å². The van der Waals surface area contributed by atoms with Crippen LogP contribution in [0.3, 0.4) is 0 Å². The van der Waals surface area contributed by atoms with Crippen molar-refractivity contribution in [2.24, 2.45) is 0 Å². The molecule has 1 saturated heterocycles. The highest BCUT2D eigenvalue weighted by molar-refractivity contribution is 5.99. The molecule has 0 atom stereocenters. The number of halogens is 4. The van der Waals surface area contributed by atoms with E-state index in [0.717, 1.165) is 12.3 Å². The zero-order chi connectivity index (χ0) is 27.8. The fourth-order valence-corrected chi connectivity index (χ4v) is 3.90. The van der Waals surface area contributed by atoms with Crippen molar-refractivity contribution in [3.8, 4) is 11.5 Å². The number of morpholine rings is 1. The molecular weight excluding hydrogens is 526 g/mol. The lowest BCUT2D eigenvalue weighted by atomic mass is 10.1. The van der Waals surface area contributed by atoms with Gasteiger partial charge in [-0.2, -0.15) is 4.98 Å². The number of rotatable bonds is 6. The summed E-state index contributed by atoms with van der Waals surface area (Å²) >= 11 is 0. The lowest BCUT2D eigenvalue weighted by Crippen LogP contribution is -2.46. The van der Waals surface area contributed by atoms with E-state index in [2.05, 4.69) is 35.6 Å². The Hall–Kier alpha value is -4.40. The quantitative estimate of drug-likeness (QED) is 0.383. The summed E-state index contributed by atoms with van der Waals surface area (Å²) in [6, 6.07) is 7.23. The molecule has 5 rings (SSSR count). The summed E-state index contributed by atoms with van der Waals surface area (Å²) in [6.45, 7) is 4.78. The summed E-state index contributed by atoms with van der Waals surface area (Å²) in [7, 11) is 0. The monoisotopic (exact) mass is 549 g/mol. The fourth-order valence-electron chi connectivity index (χ4n) is 3.90. The van der Waals surface area contributed by atoms with Gasteiger partial charge in [0.1, 0.15) is 5.82 Å². The van der Waals surface area contributed by atoms with Gasteiger partial charge in [-0.15, -0.1) is 13.2 Å². The molecule has 0 radical (unpaired) electrons. The number of benzene rings is 1. The molecule has 2 aliphatic heterocycles. The number of pyridine rings is 1. The number of ether oxygens (including phenoxy) is 3. The summed E-state index contributed by atoms with van der Waals surface area (Å²) in [6.07, 6.45) is -4.02. The third-order valence-corrected chi connectivity index (χ3v) is 5.79. The molecule has 3 aromatic rings. The number of anilines is 6. The Morgan fingerprint density at radius 3 is 2.62 bits per heavy atom. The number of hydrogen-bond acceptors (Lipinski definition) is 10. The number of hydrogen-bond donors (Lipinski definition) is 3. The lowest BCUT2D eigenvalue weighted by Gasteiger charge is -2.30. The number of aromatic nitrogens is 3. The van der Waals surface area contributed by atoms with E-state index in [1.807, 2.05) is 0 Å². The van der Waals surface area contributed by atoms with Crippen molar-refractivity contribution in [1.82, 2.24) is 15.0 Å². The molecule has 0 bridgehead atoms. The second-order valence-electron chi connectivity index (χ2n) is 9.08. The van der Waals surface area contributed by atoms with Crippen molar-refractivity contribution in [2.45, 2.75) is 25.8 Å². The maximum Gasteiger partial charge on any atom is 0.573 e. The summed E-state index contributed by atoms with van der Waals surface area (Å²) in [5.41, 5.74) is -0.645. The highest BCUT2D eigenvalue weighted by Crippen LogP contribution is 2.37. The molecule has 15 heteroatoms. The summed E-state index contributed by atoms with van der Waals surface area (Å²) in [5, 5.41) is 8.09. The largest absolute Gasteiger partial charge is 0.573 e. The molecule has 1 amide bonds. The van der Waals surface area contributed by atoms with Gasteiger partial charge in [0.2, 0.25) is 5.95 Å². The minimum absolute atomic E-state index is 0.104. The SMILES string of the molecule is CC1(C)Oc2ccc(Nc3nc(Nc4ccc(N5CCOCC5)c(OC(F)(F)F)c4)ncc3F)nc2NC1=O. The molecule has 1 fully saturated rings. The second-order valence-corrected chi connectivity index (χ2v) is 9.08. The van der Waals surface area contributed by atoms with Gasteiger partial charge in [0.05, 0.1) is 25.1 Å². The van der Waals surface area contributed by atoms with Gasteiger partial charge in [-0.1, -0.05) is 0 Å². The molecule has 39 heavy (non-hydrogen) atoms. The van der Waals surface area contributed by atoms with Gasteiger partial charge in [-0.25, -0.2) is 14.4 Å². The van der Waals surface area contributed by atoms with Gasteiger partial charge in [-0.05, 0) is 38.1 Å². The number of carbonyl (C=O) groups excluding carboxylic acids is 1. The van der Waals surface area contributed by atoms with E-state index in [1.165, 1.54) is 18.2 Å². The molecule has 2 aromatic heterocycles. The topological polar surface area (TPSA) is 123 Å². The first kappa shape index (κ1) is 26.2. The Kier molecular flexibility index (Phi) is 6.76. The number of amides is 1. The molecule has 0 aliphatic carbocycles. The van der Waals surface area contributed by atoms with E-state index >= 15 is 0 Å². The number of alkyl halides is 3. The van der Waals surface area contributed by atoms with E-state index in [0.29, 0.717) is 32.1 Å². The number of fused-ring (bicyclic) bond motifs is 1. The Bertz CT molecular complexity index is 1400. The van der Waals surface area contributed by atoms with Crippen molar-refractivity contribution >= 4 is 40.7 Å². The van der Waals surface area contributed by atoms with Crippen molar-refractivity contribution < 1.29 is 36.6 Å². The van der Waals surface area contributed by atoms with Crippen molar-refractivity contribution in [3.63, 3.8) is 0 Å². The third kappa shape index (κ3) is 6.03. The van der Waals surface area contributed by atoms with Crippen molar-refractivity contribution in [3.05, 3.63) is 42.3 Å². The molecule has 1 aromatic carbocycles. The first-order chi connectivity index (χ1) is 18.5. The van der Waals surface area contributed by atoms with Gasteiger partial charge in [0.15, 0.2) is 34.6 Å². The van der Waals surface area contributed by atoms with Crippen LogP contribution in [0.2, 0.25) is 0 Å². The van der Waals surface area contributed by atoms with E-state index in [-0.39, 0.29) is 34.8 Å². The highest BCUT2D eigenvalue weighted by atomic mass is 19.4. The normalized spacial score (nSPS) is 16.6. The summed E-state index contributed by atoms with van der Waals surface area (Å²) in [5.74, 6) is -1.36. The van der Waals surface area contributed by atoms with Crippen LogP contribution < -0.4 is 30.3 Å². The summed E-state index contributed by atoms with van der Waals surface area (Å²) < 4.78 is 69.0. The maximum absolute atomic E-state index is 14.5. The predicted molar refractivity (Wildman–Crippen MR) is 132 cm³/mol.